The Balaban J connectivity index is 3.34. The summed E-state index contributed by atoms with van der Waals surface area (Å²) in [6, 6.07) is 0. The van der Waals surface area contributed by atoms with Crippen LogP contribution in [0.2, 0.25) is 0 Å². The summed E-state index contributed by atoms with van der Waals surface area (Å²) in [5.41, 5.74) is 4.59. The van der Waals surface area contributed by atoms with E-state index in [-0.39, 0.29) is 5.97 Å². The van der Waals surface area contributed by atoms with Gasteiger partial charge in [-0.05, 0) is 31.9 Å². The Hall–Kier alpha value is -1.84. The molecule has 0 aliphatic carbocycles. The molecular weight excluding hydrogens is 240 g/mol. The second-order valence-corrected chi connectivity index (χ2v) is 4.53. The van der Waals surface area contributed by atoms with Crippen LogP contribution >= 0.6 is 0 Å². The minimum Gasteiger partial charge on any atom is -0.466 e. The van der Waals surface area contributed by atoms with E-state index in [0.29, 0.717) is 12.1 Å². The number of nitrogens with one attached hydrogen (secondary N) is 1. The van der Waals surface area contributed by atoms with Crippen molar-refractivity contribution in [1.82, 2.24) is 5.32 Å². The minimum absolute atomic E-state index is 0.306. The molecule has 0 saturated carbocycles. The van der Waals surface area contributed by atoms with Crippen molar-refractivity contribution < 1.29 is 9.53 Å². The molecule has 1 aliphatic rings. The first kappa shape index (κ1) is 15.2. The number of carbonyl (C=O) groups excluding carboxylic acids is 1. The van der Waals surface area contributed by atoms with Gasteiger partial charge in [-0.15, -0.1) is 0 Å². The fourth-order valence-corrected chi connectivity index (χ4v) is 2.01. The van der Waals surface area contributed by atoms with Gasteiger partial charge in [-0.3, -0.25) is 4.99 Å². The molecule has 19 heavy (non-hydrogen) atoms. The SMILES string of the molecule is CC/C=C1/C=C(C(=O)OC)CNC(=C(C)C)C1=NC. The van der Waals surface area contributed by atoms with Crippen molar-refractivity contribution in [3.05, 3.63) is 34.6 Å². The summed E-state index contributed by atoms with van der Waals surface area (Å²) in [6.07, 6.45) is 4.82. The summed E-state index contributed by atoms with van der Waals surface area (Å²) in [5, 5.41) is 3.27. The number of allylic oxidation sites excluding steroid dienone is 4. The summed E-state index contributed by atoms with van der Waals surface area (Å²) < 4.78 is 4.81. The fourth-order valence-electron chi connectivity index (χ4n) is 2.01. The number of esters is 1. The van der Waals surface area contributed by atoms with Crippen LogP contribution in [0.5, 0.6) is 0 Å². The third-order valence-electron chi connectivity index (χ3n) is 2.89. The molecule has 0 aromatic rings. The summed E-state index contributed by atoms with van der Waals surface area (Å²) in [5.74, 6) is -0.306. The lowest BCUT2D eigenvalue weighted by Crippen LogP contribution is -2.24. The van der Waals surface area contributed by atoms with Crippen molar-refractivity contribution in [2.45, 2.75) is 27.2 Å². The largest absolute Gasteiger partial charge is 0.466 e. The van der Waals surface area contributed by atoms with Crippen molar-refractivity contribution >= 4 is 11.7 Å². The zero-order valence-corrected chi connectivity index (χ0v) is 12.3. The number of methoxy groups -OCH3 is 1. The predicted molar refractivity (Wildman–Crippen MR) is 78.2 cm³/mol. The summed E-state index contributed by atoms with van der Waals surface area (Å²) in [7, 11) is 3.16. The Labute approximate surface area is 114 Å². The van der Waals surface area contributed by atoms with Gasteiger partial charge in [-0.2, -0.15) is 0 Å². The Morgan fingerprint density at radius 2 is 2.21 bits per heavy atom. The molecule has 0 amide bonds. The molecule has 104 valence electrons. The Morgan fingerprint density at radius 3 is 2.68 bits per heavy atom. The van der Waals surface area contributed by atoms with Gasteiger partial charge in [-0.1, -0.05) is 18.6 Å². The second-order valence-electron chi connectivity index (χ2n) is 4.53. The highest BCUT2D eigenvalue weighted by Crippen LogP contribution is 2.18. The van der Waals surface area contributed by atoms with E-state index in [4.69, 9.17) is 4.74 Å². The Bertz CT molecular complexity index is 478. The van der Waals surface area contributed by atoms with Gasteiger partial charge in [0.15, 0.2) is 0 Å². The lowest BCUT2D eigenvalue weighted by Gasteiger charge is -2.12. The Morgan fingerprint density at radius 1 is 1.53 bits per heavy atom. The average molecular weight is 262 g/mol. The van der Waals surface area contributed by atoms with E-state index in [1.54, 1.807) is 7.05 Å². The summed E-state index contributed by atoms with van der Waals surface area (Å²) >= 11 is 0. The highest BCUT2D eigenvalue weighted by Gasteiger charge is 2.20. The molecule has 1 heterocycles. The van der Waals surface area contributed by atoms with Gasteiger partial charge in [0, 0.05) is 13.6 Å². The van der Waals surface area contributed by atoms with Gasteiger partial charge in [0.2, 0.25) is 0 Å². The molecule has 0 unspecified atom stereocenters. The first-order chi connectivity index (χ1) is 9.04. The monoisotopic (exact) mass is 262 g/mol. The van der Waals surface area contributed by atoms with Gasteiger partial charge in [0.25, 0.3) is 0 Å². The van der Waals surface area contributed by atoms with Crippen LogP contribution in [0.4, 0.5) is 0 Å². The van der Waals surface area contributed by atoms with E-state index in [1.807, 2.05) is 19.9 Å². The van der Waals surface area contributed by atoms with Crippen LogP contribution in [-0.4, -0.2) is 32.4 Å². The molecule has 0 fully saturated rings. The van der Waals surface area contributed by atoms with Crippen molar-refractivity contribution in [1.29, 1.82) is 0 Å². The predicted octanol–water partition coefficient (Wildman–Crippen LogP) is 2.39. The van der Waals surface area contributed by atoms with Crippen molar-refractivity contribution in [3.63, 3.8) is 0 Å². The van der Waals surface area contributed by atoms with E-state index < -0.39 is 0 Å². The fraction of sp³-hybridized carbons (Fsp3) is 0.467. The molecule has 1 rings (SSSR count). The number of aliphatic imine (C=N–C) groups is 1. The molecule has 4 heteroatoms. The molecule has 0 saturated heterocycles. The quantitative estimate of drug-likeness (QED) is 0.777. The normalized spacial score (nSPS) is 19.8. The van der Waals surface area contributed by atoms with Gasteiger partial charge in [0.1, 0.15) is 0 Å². The molecule has 4 nitrogen and oxygen atoms in total. The van der Waals surface area contributed by atoms with E-state index in [0.717, 1.165) is 29.0 Å². The average Bonchev–Trinajstić information content (AvgIpc) is 2.57. The van der Waals surface area contributed by atoms with Crippen LogP contribution in [0.15, 0.2) is 39.6 Å². The number of carbonyl (C=O) groups is 1. The smallest absolute Gasteiger partial charge is 0.335 e. The topological polar surface area (TPSA) is 50.7 Å². The van der Waals surface area contributed by atoms with Gasteiger partial charge >= 0.3 is 5.97 Å². The van der Waals surface area contributed by atoms with E-state index in [2.05, 4.69) is 23.3 Å². The number of rotatable bonds is 2. The van der Waals surface area contributed by atoms with Crippen LogP contribution < -0.4 is 5.32 Å². The maximum Gasteiger partial charge on any atom is 0.335 e. The summed E-state index contributed by atoms with van der Waals surface area (Å²) in [4.78, 5) is 16.1. The standard InChI is InChI=1S/C15H22N2O2/c1-6-7-11-8-12(15(18)19-5)9-17-13(10(2)3)14(11)16-4/h7-8,17H,6,9H2,1-5H3/b11-7-,16-14?. The van der Waals surface area contributed by atoms with E-state index in [9.17, 15) is 4.79 Å². The van der Waals surface area contributed by atoms with Gasteiger partial charge in [-0.25, -0.2) is 4.79 Å². The van der Waals surface area contributed by atoms with Crippen LogP contribution in [-0.2, 0) is 9.53 Å². The Kier molecular flexibility index (Phi) is 5.55. The lowest BCUT2D eigenvalue weighted by molar-refractivity contribution is -0.136. The van der Waals surface area contributed by atoms with Gasteiger partial charge < -0.3 is 10.1 Å². The minimum atomic E-state index is -0.306. The number of hydrogen-bond donors (Lipinski definition) is 1. The van der Waals surface area contributed by atoms with Crippen molar-refractivity contribution in [2.75, 3.05) is 20.7 Å². The number of nitrogens with zero attached hydrogens (tertiary/aromatic N) is 1. The maximum absolute atomic E-state index is 11.7. The molecule has 0 aromatic heterocycles. The zero-order chi connectivity index (χ0) is 14.4. The second kappa shape index (κ2) is 6.92. The van der Waals surface area contributed by atoms with E-state index >= 15 is 0 Å². The van der Waals surface area contributed by atoms with Crippen molar-refractivity contribution in [3.8, 4) is 0 Å². The van der Waals surface area contributed by atoms with E-state index in [1.165, 1.54) is 7.11 Å². The third-order valence-corrected chi connectivity index (χ3v) is 2.89. The van der Waals surface area contributed by atoms with Crippen LogP contribution in [0.25, 0.3) is 0 Å². The molecule has 0 bridgehead atoms. The van der Waals surface area contributed by atoms with Crippen molar-refractivity contribution in [2.24, 2.45) is 4.99 Å². The first-order valence-electron chi connectivity index (χ1n) is 6.43. The number of ether oxygens (including phenoxy) is 1. The van der Waals surface area contributed by atoms with Crippen LogP contribution in [0.3, 0.4) is 0 Å². The summed E-state index contributed by atoms with van der Waals surface area (Å²) in [6.45, 7) is 6.57. The number of hydrogen-bond acceptors (Lipinski definition) is 4. The zero-order valence-electron chi connectivity index (χ0n) is 12.3. The van der Waals surface area contributed by atoms with Crippen LogP contribution in [0, 0.1) is 0 Å². The highest BCUT2D eigenvalue weighted by atomic mass is 16.5. The lowest BCUT2D eigenvalue weighted by atomic mass is 10.0. The van der Waals surface area contributed by atoms with Gasteiger partial charge in [0.05, 0.1) is 24.1 Å². The molecule has 1 N–H and O–H groups in total. The van der Waals surface area contributed by atoms with Crippen LogP contribution in [0.1, 0.15) is 27.2 Å². The highest BCUT2D eigenvalue weighted by molar-refractivity contribution is 6.15. The molecular formula is C15H22N2O2. The third kappa shape index (κ3) is 3.56. The molecule has 0 aromatic carbocycles. The first-order valence-corrected chi connectivity index (χ1v) is 6.43. The molecule has 1 aliphatic heterocycles. The molecule has 0 atom stereocenters. The molecule has 0 spiro atoms. The molecule has 0 radical (unpaired) electrons. The maximum atomic E-state index is 11.7.